The molecule has 4 rings (SSSR count). The maximum atomic E-state index is 12.6. The number of anilines is 3. The lowest BCUT2D eigenvalue weighted by Crippen LogP contribution is -2.32. The van der Waals surface area contributed by atoms with Gasteiger partial charge in [-0.25, -0.2) is 0 Å². The lowest BCUT2D eigenvalue weighted by molar-refractivity contribution is 0.0995. The summed E-state index contributed by atoms with van der Waals surface area (Å²) in [7, 11) is 0. The number of rotatable bonds is 5. The molecule has 3 aromatic rings. The first-order valence-corrected chi connectivity index (χ1v) is 11.3. The molecular formula is C20H18ClN3O3S2. The fourth-order valence-corrected chi connectivity index (χ4v) is 4.95. The van der Waals surface area contributed by atoms with Gasteiger partial charge in [0.05, 0.1) is 26.9 Å². The van der Waals surface area contributed by atoms with E-state index in [4.69, 9.17) is 16.0 Å². The highest BCUT2D eigenvalue weighted by molar-refractivity contribution is 7.99. The fourth-order valence-electron chi connectivity index (χ4n) is 2.95. The number of carbonyl (C=O) groups is 2. The average Bonchev–Trinajstić information content (AvgIpc) is 3.41. The number of thioether (sulfide) groups is 1. The Bertz CT molecular complexity index is 1010. The van der Waals surface area contributed by atoms with Crippen LogP contribution in [-0.4, -0.2) is 36.4 Å². The molecule has 1 fully saturated rings. The smallest absolute Gasteiger partial charge is 0.291 e. The normalized spacial score (nSPS) is 13.9. The summed E-state index contributed by atoms with van der Waals surface area (Å²) in [6.07, 6.45) is 1.43. The third kappa shape index (κ3) is 4.77. The minimum atomic E-state index is -0.359. The van der Waals surface area contributed by atoms with Crippen LogP contribution in [-0.2, 0) is 0 Å². The maximum absolute atomic E-state index is 12.6. The van der Waals surface area contributed by atoms with E-state index in [1.807, 2.05) is 23.9 Å². The van der Waals surface area contributed by atoms with E-state index in [0.717, 1.165) is 30.3 Å². The molecule has 0 aliphatic carbocycles. The van der Waals surface area contributed by atoms with Crippen LogP contribution in [0.5, 0.6) is 0 Å². The summed E-state index contributed by atoms with van der Waals surface area (Å²) in [5.41, 5.74) is 1.62. The standard InChI is InChI=1S/C20H18ClN3O3S2/c21-14-12-13(3-4-15(14)24-7-10-28-11-8-24)22-20(26)17-5-6-18(29-17)23-19(25)16-2-1-9-27-16/h1-6,9,12H,7-8,10-11H2,(H,22,26)(H,23,25). The lowest BCUT2D eigenvalue weighted by Gasteiger charge is -2.29. The van der Waals surface area contributed by atoms with Gasteiger partial charge in [0.25, 0.3) is 11.8 Å². The van der Waals surface area contributed by atoms with Crippen molar-refractivity contribution in [3.05, 3.63) is 64.4 Å². The Labute approximate surface area is 181 Å². The molecule has 1 aromatic carbocycles. The molecule has 1 aliphatic rings. The summed E-state index contributed by atoms with van der Waals surface area (Å²) in [5.74, 6) is 1.78. The minimum Gasteiger partial charge on any atom is -0.459 e. The van der Waals surface area contributed by atoms with Crippen LogP contribution >= 0.6 is 34.7 Å². The van der Waals surface area contributed by atoms with Crippen LogP contribution in [0.2, 0.25) is 5.02 Å². The predicted octanol–water partition coefficient (Wildman–Crippen LogP) is 5.05. The molecule has 9 heteroatoms. The lowest BCUT2D eigenvalue weighted by atomic mass is 10.2. The van der Waals surface area contributed by atoms with Gasteiger partial charge in [0.2, 0.25) is 0 Å². The van der Waals surface area contributed by atoms with Crippen LogP contribution in [0.15, 0.2) is 53.1 Å². The maximum Gasteiger partial charge on any atom is 0.291 e. The molecule has 150 valence electrons. The number of carbonyl (C=O) groups excluding carboxylic acids is 2. The highest BCUT2D eigenvalue weighted by atomic mass is 35.5. The third-order valence-electron chi connectivity index (χ3n) is 4.37. The second-order valence-electron chi connectivity index (χ2n) is 6.32. The Morgan fingerprint density at radius 1 is 1.03 bits per heavy atom. The monoisotopic (exact) mass is 447 g/mol. The molecule has 3 heterocycles. The van der Waals surface area contributed by atoms with Gasteiger partial charge >= 0.3 is 0 Å². The molecule has 1 aliphatic heterocycles. The topological polar surface area (TPSA) is 74.6 Å². The molecule has 6 nitrogen and oxygen atoms in total. The molecule has 1 saturated heterocycles. The fraction of sp³-hybridized carbons (Fsp3) is 0.200. The Hall–Kier alpha value is -2.42. The van der Waals surface area contributed by atoms with Gasteiger partial charge in [-0.15, -0.1) is 11.3 Å². The van der Waals surface area contributed by atoms with Crippen molar-refractivity contribution in [1.29, 1.82) is 0 Å². The van der Waals surface area contributed by atoms with Crippen molar-refractivity contribution in [3.63, 3.8) is 0 Å². The van der Waals surface area contributed by atoms with Gasteiger partial charge in [0, 0.05) is 30.3 Å². The van der Waals surface area contributed by atoms with Gasteiger partial charge in [0.1, 0.15) is 0 Å². The summed E-state index contributed by atoms with van der Waals surface area (Å²) < 4.78 is 5.06. The summed E-state index contributed by atoms with van der Waals surface area (Å²) in [6, 6.07) is 12.1. The van der Waals surface area contributed by atoms with Crippen molar-refractivity contribution in [2.75, 3.05) is 40.1 Å². The first-order valence-electron chi connectivity index (χ1n) is 8.98. The van der Waals surface area contributed by atoms with Crippen LogP contribution < -0.4 is 15.5 Å². The van der Waals surface area contributed by atoms with E-state index < -0.39 is 0 Å². The Kier molecular flexibility index (Phi) is 6.13. The van der Waals surface area contributed by atoms with Gasteiger partial charge < -0.3 is 20.0 Å². The van der Waals surface area contributed by atoms with E-state index in [2.05, 4.69) is 15.5 Å². The second kappa shape index (κ2) is 8.94. The quantitative estimate of drug-likeness (QED) is 0.572. The number of hydrogen-bond donors (Lipinski definition) is 2. The van der Waals surface area contributed by atoms with Gasteiger partial charge in [-0.2, -0.15) is 11.8 Å². The van der Waals surface area contributed by atoms with Crippen molar-refractivity contribution in [3.8, 4) is 0 Å². The summed E-state index contributed by atoms with van der Waals surface area (Å²) >= 11 is 9.58. The molecule has 2 aromatic heterocycles. The Balaban J connectivity index is 1.40. The minimum absolute atomic E-state index is 0.214. The molecule has 0 spiro atoms. The van der Waals surface area contributed by atoms with Gasteiger partial charge in [0.15, 0.2) is 5.76 Å². The highest BCUT2D eigenvalue weighted by Crippen LogP contribution is 2.31. The molecule has 0 unspecified atom stereocenters. The van der Waals surface area contributed by atoms with Crippen molar-refractivity contribution in [1.82, 2.24) is 0 Å². The molecule has 0 atom stereocenters. The SMILES string of the molecule is O=C(Nc1ccc(C(=O)Nc2ccc(N3CCSCC3)c(Cl)c2)s1)c1ccco1. The first-order chi connectivity index (χ1) is 14.1. The van der Waals surface area contributed by atoms with E-state index in [9.17, 15) is 9.59 Å². The van der Waals surface area contributed by atoms with Gasteiger partial charge in [-0.05, 0) is 42.5 Å². The zero-order valence-corrected chi connectivity index (χ0v) is 17.7. The van der Waals surface area contributed by atoms with E-state index >= 15 is 0 Å². The van der Waals surface area contributed by atoms with Crippen LogP contribution in [0.1, 0.15) is 20.2 Å². The number of nitrogens with zero attached hydrogens (tertiary/aromatic N) is 1. The molecule has 0 saturated carbocycles. The summed E-state index contributed by atoms with van der Waals surface area (Å²) in [5, 5.41) is 6.75. The zero-order chi connectivity index (χ0) is 20.2. The second-order valence-corrected chi connectivity index (χ2v) is 9.03. The Morgan fingerprint density at radius 2 is 1.86 bits per heavy atom. The summed E-state index contributed by atoms with van der Waals surface area (Å²) in [6.45, 7) is 1.94. The number of benzene rings is 1. The number of furan rings is 1. The number of amides is 2. The van der Waals surface area contributed by atoms with Crippen molar-refractivity contribution >= 4 is 62.9 Å². The molecule has 0 bridgehead atoms. The predicted molar refractivity (Wildman–Crippen MR) is 120 cm³/mol. The summed E-state index contributed by atoms with van der Waals surface area (Å²) in [4.78, 5) is 27.3. The number of halogens is 1. The average molecular weight is 448 g/mol. The zero-order valence-electron chi connectivity index (χ0n) is 15.3. The van der Waals surface area contributed by atoms with E-state index in [1.54, 1.807) is 30.3 Å². The van der Waals surface area contributed by atoms with E-state index in [1.165, 1.54) is 17.6 Å². The van der Waals surface area contributed by atoms with Gasteiger partial charge in [-0.3, -0.25) is 9.59 Å². The van der Waals surface area contributed by atoms with Crippen molar-refractivity contribution in [2.45, 2.75) is 0 Å². The van der Waals surface area contributed by atoms with Crippen LogP contribution in [0.25, 0.3) is 0 Å². The third-order valence-corrected chi connectivity index (χ3v) is 6.61. The van der Waals surface area contributed by atoms with Crippen LogP contribution in [0.3, 0.4) is 0 Å². The molecule has 2 amide bonds. The number of thiophene rings is 1. The molecule has 0 radical (unpaired) electrons. The Morgan fingerprint density at radius 3 is 2.59 bits per heavy atom. The number of nitrogens with one attached hydrogen (secondary N) is 2. The molecular weight excluding hydrogens is 430 g/mol. The first kappa shape index (κ1) is 19.9. The van der Waals surface area contributed by atoms with Gasteiger partial charge in [-0.1, -0.05) is 11.6 Å². The molecule has 29 heavy (non-hydrogen) atoms. The van der Waals surface area contributed by atoms with Crippen molar-refractivity contribution in [2.24, 2.45) is 0 Å². The highest BCUT2D eigenvalue weighted by Gasteiger charge is 2.16. The molecule has 2 N–H and O–H groups in total. The van der Waals surface area contributed by atoms with Crippen LogP contribution in [0, 0.1) is 0 Å². The van der Waals surface area contributed by atoms with Crippen molar-refractivity contribution < 1.29 is 14.0 Å². The van der Waals surface area contributed by atoms with Crippen LogP contribution in [0.4, 0.5) is 16.4 Å². The van der Waals surface area contributed by atoms with E-state index in [0.29, 0.717) is 20.6 Å². The number of hydrogen-bond acceptors (Lipinski definition) is 6. The largest absolute Gasteiger partial charge is 0.459 e. The van der Waals surface area contributed by atoms with E-state index in [-0.39, 0.29) is 17.6 Å².